The first-order chi connectivity index (χ1) is 18.1. The molecule has 1 fully saturated rings. The summed E-state index contributed by atoms with van der Waals surface area (Å²) in [5.74, 6) is 6.28. The van der Waals surface area contributed by atoms with Crippen molar-refractivity contribution in [2.24, 2.45) is 22.2 Å². The molecule has 5 rings (SSSR count). The van der Waals surface area contributed by atoms with E-state index in [1.54, 1.807) is 11.3 Å². The molecular formula is C26H31N7O4. The van der Waals surface area contributed by atoms with Gasteiger partial charge in [0, 0.05) is 5.69 Å². The van der Waals surface area contributed by atoms with E-state index in [0.717, 1.165) is 41.5 Å². The quantitative estimate of drug-likeness (QED) is 0.166. The van der Waals surface area contributed by atoms with E-state index in [4.69, 9.17) is 20.1 Å². The minimum atomic E-state index is -0.457. The van der Waals surface area contributed by atoms with E-state index in [9.17, 15) is 4.79 Å². The summed E-state index contributed by atoms with van der Waals surface area (Å²) in [5, 5.41) is 13.1. The molecule has 2 heterocycles. The molecule has 11 heteroatoms. The van der Waals surface area contributed by atoms with Crippen LogP contribution in [0.5, 0.6) is 11.5 Å². The van der Waals surface area contributed by atoms with Gasteiger partial charge in [-0.2, -0.15) is 0 Å². The highest BCUT2D eigenvalue weighted by Crippen LogP contribution is 2.40. The van der Waals surface area contributed by atoms with Crippen LogP contribution in [0.4, 0.5) is 5.69 Å². The van der Waals surface area contributed by atoms with Crippen LogP contribution in [0.2, 0.25) is 0 Å². The number of anilines is 1. The van der Waals surface area contributed by atoms with Crippen LogP contribution in [-0.4, -0.2) is 40.4 Å². The van der Waals surface area contributed by atoms with Crippen LogP contribution in [0.1, 0.15) is 44.2 Å². The second kappa shape index (κ2) is 10.8. The Bertz CT molecular complexity index is 1310. The molecule has 0 bridgehead atoms. The number of H-pyrrole nitrogens is 1. The maximum absolute atomic E-state index is 12.9. The molecule has 1 saturated carbocycles. The first-order valence-corrected chi connectivity index (χ1v) is 12.4. The van der Waals surface area contributed by atoms with E-state index < -0.39 is 6.04 Å². The summed E-state index contributed by atoms with van der Waals surface area (Å²) >= 11 is 0. The standard InChI is InChI=1S/C26H31N7O4/c1-3-35-26(34)19-6-4-5-7-22(19)33(32-31-27)16(2)25(17-8-11-23-24(12-17)37-15-36-23)30-18-9-10-20-21(13-18)29-14-28-20/h8-14,19,22,25,30H,2-7,15H2,1H3,(H2,27,32)(H,28,29). The van der Waals surface area contributed by atoms with Crippen molar-refractivity contribution in [3.63, 3.8) is 0 Å². The zero-order valence-electron chi connectivity index (χ0n) is 20.7. The summed E-state index contributed by atoms with van der Waals surface area (Å²) in [7, 11) is 0. The Labute approximate surface area is 214 Å². The molecule has 3 unspecified atom stereocenters. The van der Waals surface area contributed by atoms with Crippen molar-refractivity contribution in [3.05, 3.63) is 60.6 Å². The smallest absolute Gasteiger partial charge is 0.311 e. The van der Waals surface area contributed by atoms with Gasteiger partial charge in [-0.05, 0) is 60.9 Å². The third-order valence-corrected chi connectivity index (χ3v) is 6.87. The van der Waals surface area contributed by atoms with Crippen molar-refractivity contribution < 1.29 is 19.0 Å². The number of carbonyl (C=O) groups is 1. The molecule has 0 saturated heterocycles. The highest BCUT2D eigenvalue weighted by atomic mass is 16.7. The van der Waals surface area contributed by atoms with E-state index in [0.29, 0.717) is 30.2 Å². The predicted octanol–water partition coefficient (Wildman–Crippen LogP) is 4.62. The number of carbonyl (C=O) groups excluding carboxylic acids is 1. The minimum absolute atomic E-state index is 0.171. The van der Waals surface area contributed by atoms with Crippen LogP contribution in [0.3, 0.4) is 0 Å². The number of esters is 1. The molecule has 1 aromatic heterocycles. The number of fused-ring (bicyclic) bond motifs is 2. The van der Waals surface area contributed by atoms with Crippen LogP contribution in [0.15, 0.2) is 65.4 Å². The number of hydrogen-bond donors (Lipinski definition) is 3. The van der Waals surface area contributed by atoms with Gasteiger partial charge in [-0.1, -0.05) is 30.7 Å². The topological polar surface area (TPSA) is 139 Å². The normalized spacial score (nSPS) is 19.6. The Morgan fingerprint density at radius 3 is 2.95 bits per heavy atom. The maximum atomic E-state index is 12.9. The zero-order valence-corrected chi connectivity index (χ0v) is 20.7. The van der Waals surface area contributed by atoms with Crippen molar-refractivity contribution in [1.82, 2.24) is 15.0 Å². The number of ether oxygens (including phenoxy) is 3. The average molecular weight is 506 g/mol. The fraction of sp³-hybridized carbons (Fsp3) is 0.385. The molecule has 0 spiro atoms. The summed E-state index contributed by atoms with van der Waals surface area (Å²) in [6.07, 6.45) is 4.97. The third-order valence-electron chi connectivity index (χ3n) is 6.87. The summed E-state index contributed by atoms with van der Waals surface area (Å²) in [4.78, 5) is 20.3. The fourth-order valence-electron chi connectivity index (χ4n) is 5.09. The minimum Gasteiger partial charge on any atom is -0.466 e. The molecule has 0 amide bonds. The number of benzene rings is 2. The number of nitrogens with one attached hydrogen (secondary N) is 2. The molecule has 194 valence electrons. The number of imidazole rings is 1. The second-order valence-electron chi connectivity index (χ2n) is 9.08. The first-order valence-electron chi connectivity index (χ1n) is 12.4. The molecule has 1 aliphatic heterocycles. The SMILES string of the molecule is C=C(C(Nc1ccc2[nH]cnc2c1)c1ccc2c(c1)OCO2)N(/N=N\N)C1CCCCC1C(=O)OCC. The van der Waals surface area contributed by atoms with E-state index in [1.165, 1.54) is 0 Å². The van der Waals surface area contributed by atoms with E-state index >= 15 is 0 Å². The van der Waals surface area contributed by atoms with Gasteiger partial charge in [0.2, 0.25) is 6.79 Å². The van der Waals surface area contributed by atoms with E-state index in [-0.39, 0.29) is 24.7 Å². The number of nitrogens with zero attached hydrogens (tertiary/aromatic N) is 4. The van der Waals surface area contributed by atoms with Gasteiger partial charge in [-0.3, -0.25) is 4.79 Å². The molecule has 0 radical (unpaired) electrons. The van der Waals surface area contributed by atoms with Crippen molar-refractivity contribution in [1.29, 1.82) is 0 Å². The van der Waals surface area contributed by atoms with Crippen LogP contribution in [0.25, 0.3) is 11.0 Å². The van der Waals surface area contributed by atoms with Gasteiger partial charge in [0.1, 0.15) is 0 Å². The largest absolute Gasteiger partial charge is 0.466 e. The summed E-state index contributed by atoms with van der Waals surface area (Å²) in [5.41, 5.74) is 4.04. The summed E-state index contributed by atoms with van der Waals surface area (Å²) in [6, 6.07) is 10.9. The van der Waals surface area contributed by atoms with Gasteiger partial charge in [0.15, 0.2) is 11.5 Å². The number of aromatic amines is 1. The lowest BCUT2D eigenvalue weighted by Gasteiger charge is -2.39. The predicted molar refractivity (Wildman–Crippen MR) is 137 cm³/mol. The van der Waals surface area contributed by atoms with Crippen molar-refractivity contribution in [2.75, 3.05) is 18.7 Å². The van der Waals surface area contributed by atoms with E-state index in [1.807, 2.05) is 43.3 Å². The van der Waals surface area contributed by atoms with Crippen molar-refractivity contribution in [2.45, 2.75) is 44.7 Å². The molecule has 4 N–H and O–H groups in total. The zero-order chi connectivity index (χ0) is 25.8. The van der Waals surface area contributed by atoms with Gasteiger partial charge in [-0.15, -0.1) is 0 Å². The van der Waals surface area contributed by atoms with Crippen LogP contribution >= 0.6 is 0 Å². The van der Waals surface area contributed by atoms with Gasteiger partial charge >= 0.3 is 5.97 Å². The van der Waals surface area contributed by atoms with E-state index in [2.05, 4.69) is 32.3 Å². The van der Waals surface area contributed by atoms with Crippen LogP contribution in [0, 0.1) is 5.92 Å². The Kier molecular flexibility index (Phi) is 7.11. The first kappa shape index (κ1) is 24.4. The Balaban J connectivity index is 1.51. The fourth-order valence-corrected chi connectivity index (χ4v) is 5.09. The molecule has 11 nitrogen and oxygen atoms in total. The molecule has 2 aliphatic rings. The number of hydrogen-bond acceptors (Lipinski definition) is 8. The number of rotatable bonds is 9. The third kappa shape index (κ3) is 5.02. The molecule has 37 heavy (non-hydrogen) atoms. The van der Waals surface area contributed by atoms with Gasteiger partial charge in [0.25, 0.3) is 0 Å². The summed E-state index contributed by atoms with van der Waals surface area (Å²) < 4.78 is 16.5. The highest BCUT2D eigenvalue weighted by Gasteiger charge is 2.39. The lowest BCUT2D eigenvalue weighted by Crippen LogP contribution is -2.44. The monoisotopic (exact) mass is 505 g/mol. The molecule has 2 aromatic carbocycles. The molecule has 1 aliphatic carbocycles. The van der Waals surface area contributed by atoms with Crippen molar-refractivity contribution in [3.8, 4) is 11.5 Å². The molecule has 3 atom stereocenters. The lowest BCUT2D eigenvalue weighted by molar-refractivity contribution is -0.151. The highest BCUT2D eigenvalue weighted by molar-refractivity contribution is 5.79. The Morgan fingerprint density at radius 2 is 2.11 bits per heavy atom. The maximum Gasteiger partial charge on any atom is 0.311 e. The van der Waals surface area contributed by atoms with Gasteiger partial charge in [0.05, 0.1) is 47.7 Å². The van der Waals surface area contributed by atoms with Crippen LogP contribution in [-0.2, 0) is 9.53 Å². The molecule has 3 aromatic rings. The summed E-state index contributed by atoms with van der Waals surface area (Å²) in [6.45, 7) is 6.71. The second-order valence-corrected chi connectivity index (χ2v) is 9.08. The molecular weight excluding hydrogens is 474 g/mol. The van der Waals surface area contributed by atoms with Crippen LogP contribution < -0.4 is 20.6 Å². The average Bonchev–Trinajstić information content (AvgIpc) is 3.59. The van der Waals surface area contributed by atoms with Crippen molar-refractivity contribution >= 4 is 22.7 Å². The lowest BCUT2D eigenvalue weighted by atomic mass is 9.83. The Hall–Kier alpha value is -4.28. The Morgan fingerprint density at radius 1 is 1.27 bits per heavy atom. The number of nitrogens with two attached hydrogens (primary N) is 1. The van der Waals surface area contributed by atoms with Gasteiger partial charge < -0.3 is 30.4 Å². The van der Waals surface area contributed by atoms with Gasteiger partial charge in [-0.25, -0.2) is 9.99 Å². The number of aromatic nitrogens is 2.